The van der Waals surface area contributed by atoms with Gasteiger partial charge in [0.1, 0.15) is 5.75 Å². The zero-order valence-corrected chi connectivity index (χ0v) is 10.4. The van der Waals surface area contributed by atoms with E-state index in [0.717, 1.165) is 30.6 Å². The van der Waals surface area contributed by atoms with Crippen molar-refractivity contribution in [3.05, 3.63) is 42.5 Å². The molecular weight excluding hydrogens is 212 g/mol. The van der Waals surface area contributed by atoms with Gasteiger partial charge >= 0.3 is 0 Å². The van der Waals surface area contributed by atoms with E-state index in [0.29, 0.717) is 12.5 Å². The molecule has 0 amide bonds. The number of aliphatic hydroxyl groups is 1. The summed E-state index contributed by atoms with van der Waals surface area (Å²) in [4.78, 5) is 0. The Bertz CT molecular complexity index is 392. The predicted molar refractivity (Wildman–Crippen MR) is 69.1 cm³/mol. The highest BCUT2D eigenvalue weighted by atomic mass is 16.5. The molecule has 92 valence electrons. The van der Waals surface area contributed by atoms with Crippen molar-refractivity contribution in [2.75, 3.05) is 0 Å². The van der Waals surface area contributed by atoms with Gasteiger partial charge in [0, 0.05) is 0 Å². The molecule has 1 unspecified atom stereocenters. The van der Waals surface area contributed by atoms with Crippen LogP contribution in [0.25, 0.3) is 0 Å². The average molecular weight is 232 g/mol. The molecule has 0 aromatic heterocycles. The third-order valence-corrected chi connectivity index (χ3v) is 3.12. The summed E-state index contributed by atoms with van der Waals surface area (Å²) >= 11 is 0. The maximum absolute atomic E-state index is 10.4. The van der Waals surface area contributed by atoms with Crippen LogP contribution in [0, 0.1) is 0 Å². The third kappa shape index (κ3) is 3.34. The zero-order chi connectivity index (χ0) is 12.3. The summed E-state index contributed by atoms with van der Waals surface area (Å²) in [5.74, 6) is 0.865. The highest BCUT2D eigenvalue weighted by molar-refractivity contribution is 5.32. The van der Waals surface area contributed by atoms with Gasteiger partial charge in [0.25, 0.3) is 0 Å². The molecule has 0 aliphatic heterocycles. The largest absolute Gasteiger partial charge is 0.490 e. The molecular formula is C15H20O2. The normalized spacial score (nSPS) is 18.5. The molecule has 1 aliphatic rings. The van der Waals surface area contributed by atoms with Gasteiger partial charge in [0.2, 0.25) is 0 Å². The van der Waals surface area contributed by atoms with Crippen molar-refractivity contribution in [2.24, 2.45) is 0 Å². The molecule has 1 aliphatic carbocycles. The second-order valence-electron chi connectivity index (χ2n) is 4.95. The average Bonchev–Trinajstić information content (AvgIpc) is 3.11. The van der Waals surface area contributed by atoms with E-state index in [4.69, 9.17) is 4.74 Å². The Kier molecular flexibility index (Phi) is 3.53. The summed E-state index contributed by atoms with van der Waals surface area (Å²) in [5, 5.41) is 10.4. The summed E-state index contributed by atoms with van der Waals surface area (Å²) in [6.07, 6.45) is 6.01. The highest BCUT2D eigenvalue weighted by Gasteiger charge is 2.25. The van der Waals surface area contributed by atoms with Crippen LogP contribution >= 0.6 is 0 Å². The quantitative estimate of drug-likeness (QED) is 0.762. The Morgan fingerprint density at radius 1 is 1.53 bits per heavy atom. The van der Waals surface area contributed by atoms with E-state index in [1.165, 1.54) is 0 Å². The van der Waals surface area contributed by atoms with E-state index in [9.17, 15) is 5.11 Å². The van der Waals surface area contributed by atoms with Crippen molar-refractivity contribution in [1.82, 2.24) is 0 Å². The Morgan fingerprint density at radius 3 is 2.94 bits per heavy atom. The van der Waals surface area contributed by atoms with Crippen LogP contribution in [0.3, 0.4) is 0 Å². The minimum Gasteiger partial charge on any atom is -0.490 e. The molecule has 1 atom stereocenters. The van der Waals surface area contributed by atoms with Gasteiger partial charge in [-0.3, -0.25) is 0 Å². The van der Waals surface area contributed by atoms with Gasteiger partial charge in [-0.25, -0.2) is 0 Å². The molecule has 1 aromatic carbocycles. The number of hydrogen-bond donors (Lipinski definition) is 1. The van der Waals surface area contributed by atoms with Gasteiger partial charge in [0.05, 0.1) is 11.7 Å². The molecule has 0 radical (unpaired) electrons. The molecule has 2 heteroatoms. The number of rotatable bonds is 6. The Balaban J connectivity index is 2.09. The molecule has 2 nitrogen and oxygen atoms in total. The summed E-state index contributed by atoms with van der Waals surface area (Å²) in [6, 6.07) is 7.78. The molecule has 1 aromatic rings. The van der Waals surface area contributed by atoms with Gasteiger partial charge in [-0.2, -0.15) is 0 Å². The topological polar surface area (TPSA) is 29.5 Å². The lowest BCUT2D eigenvalue weighted by molar-refractivity contribution is 0.0485. The van der Waals surface area contributed by atoms with Crippen LogP contribution in [0.1, 0.15) is 38.2 Å². The van der Waals surface area contributed by atoms with Crippen LogP contribution in [0.5, 0.6) is 5.75 Å². The maximum Gasteiger partial charge on any atom is 0.120 e. The van der Waals surface area contributed by atoms with Gasteiger partial charge in [0.15, 0.2) is 0 Å². The molecule has 0 spiro atoms. The molecule has 1 fully saturated rings. The Hall–Kier alpha value is -1.28. The lowest BCUT2D eigenvalue weighted by Gasteiger charge is -2.23. The first kappa shape index (κ1) is 12.2. The maximum atomic E-state index is 10.4. The van der Waals surface area contributed by atoms with E-state index in [1.807, 2.05) is 37.3 Å². The van der Waals surface area contributed by atoms with Crippen LogP contribution in [-0.2, 0) is 5.60 Å². The van der Waals surface area contributed by atoms with E-state index >= 15 is 0 Å². The van der Waals surface area contributed by atoms with Crippen LogP contribution in [0.4, 0.5) is 0 Å². The van der Waals surface area contributed by atoms with Crippen molar-refractivity contribution in [1.29, 1.82) is 0 Å². The van der Waals surface area contributed by atoms with Crippen molar-refractivity contribution < 1.29 is 9.84 Å². The van der Waals surface area contributed by atoms with Crippen LogP contribution in [-0.4, -0.2) is 11.2 Å². The monoisotopic (exact) mass is 232 g/mol. The van der Waals surface area contributed by atoms with E-state index in [-0.39, 0.29) is 0 Å². The molecule has 1 N–H and O–H groups in total. The second kappa shape index (κ2) is 4.92. The highest BCUT2D eigenvalue weighted by Crippen LogP contribution is 2.31. The number of ether oxygens (including phenoxy) is 1. The van der Waals surface area contributed by atoms with Crippen molar-refractivity contribution in [2.45, 2.75) is 44.3 Å². The minimum absolute atomic E-state index is 0.392. The lowest BCUT2D eigenvalue weighted by atomic mass is 9.91. The van der Waals surface area contributed by atoms with Gasteiger partial charge in [-0.05, 0) is 50.3 Å². The van der Waals surface area contributed by atoms with E-state index in [2.05, 4.69) is 6.58 Å². The fourth-order valence-corrected chi connectivity index (χ4v) is 1.81. The first-order valence-corrected chi connectivity index (χ1v) is 6.22. The van der Waals surface area contributed by atoms with Crippen molar-refractivity contribution >= 4 is 0 Å². The lowest BCUT2D eigenvalue weighted by Crippen LogP contribution is -2.20. The smallest absolute Gasteiger partial charge is 0.120 e. The minimum atomic E-state index is -0.808. The van der Waals surface area contributed by atoms with Crippen molar-refractivity contribution in [3.63, 3.8) is 0 Å². The fourth-order valence-electron chi connectivity index (χ4n) is 1.81. The first-order valence-electron chi connectivity index (χ1n) is 6.22. The van der Waals surface area contributed by atoms with Gasteiger partial charge < -0.3 is 9.84 Å². The summed E-state index contributed by atoms with van der Waals surface area (Å²) in [5.41, 5.74) is 0.106. The Morgan fingerprint density at radius 2 is 2.29 bits per heavy atom. The summed E-state index contributed by atoms with van der Waals surface area (Å²) < 4.78 is 5.73. The van der Waals surface area contributed by atoms with Crippen molar-refractivity contribution in [3.8, 4) is 5.75 Å². The van der Waals surface area contributed by atoms with Crippen LogP contribution in [0.2, 0.25) is 0 Å². The molecule has 0 saturated heterocycles. The SMILES string of the molecule is C=CCCC(C)(O)c1cccc(OC2CC2)c1. The first-order chi connectivity index (χ1) is 8.12. The molecule has 17 heavy (non-hydrogen) atoms. The second-order valence-corrected chi connectivity index (χ2v) is 4.95. The van der Waals surface area contributed by atoms with E-state index < -0.39 is 5.60 Å². The molecule has 0 heterocycles. The van der Waals surface area contributed by atoms with Gasteiger partial charge in [-0.1, -0.05) is 18.2 Å². The third-order valence-electron chi connectivity index (χ3n) is 3.12. The van der Waals surface area contributed by atoms with Crippen LogP contribution in [0.15, 0.2) is 36.9 Å². The zero-order valence-electron chi connectivity index (χ0n) is 10.4. The summed E-state index contributed by atoms with van der Waals surface area (Å²) in [6.45, 7) is 5.53. The van der Waals surface area contributed by atoms with Gasteiger partial charge in [-0.15, -0.1) is 6.58 Å². The Labute approximate surface area is 103 Å². The number of hydrogen-bond acceptors (Lipinski definition) is 2. The summed E-state index contributed by atoms with van der Waals surface area (Å²) in [7, 11) is 0. The fraction of sp³-hybridized carbons (Fsp3) is 0.467. The predicted octanol–water partition coefficient (Wildman–Crippen LogP) is 3.40. The molecule has 1 saturated carbocycles. The van der Waals surface area contributed by atoms with Crippen LogP contribution < -0.4 is 4.74 Å². The molecule has 2 rings (SSSR count). The number of benzene rings is 1. The number of allylic oxidation sites excluding steroid dienone is 1. The standard InChI is InChI=1S/C15H20O2/c1-3-4-10-15(2,16)12-6-5-7-14(11-12)17-13-8-9-13/h3,5-7,11,13,16H,1,4,8-10H2,2H3. The van der Waals surface area contributed by atoms with E-state index in [1.54, 1.807) is 0 Å². The molecule has 0 bridgehead atoms.